The largest absolute Gasteiger partial charge is 0.481 e. The highest BCUT2D eigenvalue weighted by atomic mass is 35.5. The first-order chi connectivity index (χ1) is 8.38. The molecule has 0 aromatic heterocycles. The zero-order valence-electron chi connectivity index (χ0n) is 10.5. The van der Waals surface area contributed by atoms with Crippen molar-refractivity contribution >= 4 is 17.6 Å². The molecule has 3 nitrogen and oxygen atoms in total. The van der Waals surface area contributed by atoms with Crippen LogP contribution in [0.15, 0.2) is 18.2 Å². The van der Waals surface area contributed by atoms with Crippen molar-refractivity contribution in [3.63, 3.8) is 0 Å². The number of carboxylic acid groups (broad SMARTS) is 1. The van der Waals surface area contributed by atoms with Crippen LogP contribution in [0, 0.1) is 5.82 Å². The van der Waals surface area contributed by atoms with Crippen LogP contribution in [0.4, 0.5) is 4.39 Å². The molecule has 0 saturated carbocycles. The molecule has 1 rings (SSSR count). The summed E-state index contributed by atoms with van der Waals surface area (Å²) in [5.41, 5.74) is 0.749. The van der Waals surface area contributed by atoms with Gasteiger partial charge in [0.05, 0.1) is 6.42 Å². The van der Waals surface area contributed by atoms with E-state index in [-0.39, 0.29) is 18.3 Å². The smallest absolute Gasteiger partial charge is 0.304 e. The summed E-state index contributed by atoms with van der Waals surface area (Å²) in [5.74, 6) is -1.21. The highest BCUT2D eigenvalue weighted by molar-refractivity contribution is 6.30. The van der Waals surface area contributed by atoms with Crippen LogP contribution < -0.4 is 0 Å². The molecule has 1 N–H and O–H groups in total. The number of aliphatic carboxylic acids is 1. The molecule has 0 atom stereocenters. The molecule has 1 aromatic carbocycles. The highest BCUT2D eigenvalue weighted by Crippen LogP contribution is 2.17. The van der Waals surface area contributed by atoms with Crippen molar-refractivity contribution in [1.82, 2.24) is 4.90 Å². The first-order valence-electron chi connectivity index (χ1n) is 5.79. The van der Waals surface area contributed by atoms with Gasteiger partial charge in [0.15, 0.2) is 0 Å². The van der Waals surface area contributed by atoms with Crippen molar-refractivity contribution in [2.45, 2.75) is 32.9 Å². The minimum atomic E-state index is -0.835. The maximum absolute atomic E-state index is 13.2. The second-order valence-corrected chi connectivity index (χ2v) is 4.92. The molecule has 5 heteroatoms. The fraction of sp³-hybridized carbons (Fsp3) is 0.462. The van der Waals surface area contributed by atoms with Gasteiger partial charge in [-0.05, 0) is 37.6 Å². The molecular weight excluding hydrogens is 257 g/mol. The lowest BCUT2D eigenvalue weighted by atomic mass is 10.1. The van der Waals surface area contributed by atoms with E-state index < -0.39 is 5.97 Å². The Labute approximate surface area is 111 Å². The van der Waals surface area contributed by atoms with Gasteiger partial charge in [-0.25, -0.2) is 4.39 Å². The summed E-state index contributed by atoms with van der Waals surface area (Å²) in [6.07, 6.45) is 0.0707. The van der Waals surface area contributed by atoms with Crippen LogP contribution >= 0.6 is 11.6 Å². The summed E-state index contributed by atoms with van der Waals surface area (Å²) in [6.45, 7) is 4.87. The molecule has 0 aliphatic carbocycles. The van der Waals surface area contributed by atoms with Crippen molar-refractivity contribution in [3.8, 4) is 0 Å². The van der Waals surface area contributed by atoms with E-state index in [1.165, 1.54) is 12.1 Å². The van der Waals surface area contributed by atoms with E-state index in [0.717, 1.165) is 5.56 Å². The molecule has 0 heterocycles. The lowest BCUT2D eigenvalue weighted by Gasteiger charge is -2.25. The maximum atomic E-state index is 13.2. The van der Waals surface area contributed by atoms with E-state index in [1.807, 2.05) is 18.7 Å². The van der Waals surface area contributed by atoms with Crippen molar-refractivity contribution in [2.75, 3.05) is 6.54 Å². The number of carboxylic acids is 1. The Kier molecular flexibility index (Phi) is 5.56. The molecule has 0 unspecified atom stereocenters. The van der Waals surface area contributed by atoms with E-state index in [1.54, 1.807) is 6.07 Å². The van der Waals surface area contributed by atoms with Crippen molar-refractivity contribution in [3.05, 3.63) is 34.6 Å². The Morgan fingerprint density at radius 1 is 1.44 bits per heavy atom. The molecule has 0 fully saturated rings. The number of carbonyl (C=O) groups is 1. The summed E-state index contributed by atoms with van der Waals surface area (Å²) in [5, 5.41) is 9.04. The standard InChI is InChI=1S/C13H17ClFNO2/c1-9(2)16(4-3-13(17)18)8-10-5-11(14)7-12(15)6-10/h5-7,9H,3-4,8H2,1-2H3,(H,17,18). The number of hydrogen-bond acceptors (Lipinski definition) is 2. The molecule has 0 saturated heterocycles. The van der Waals surface area contributed by atoms with Gasteiger partial charge in [-0.2, -0.15) is 0 Å². The molecule has 18 heavy (non-hydrogen) atoms. The van der Waals surface area contributed by atoms with Gasteiger partial charge in [-0.3, -0.25) is 9.69 Å². The van der Waals surface area contributed by atoms with Gasteiger partial charge < -0.3 is 5.11 Å². The minimum absolute atomic E-state index is 0.0707. The molecule has 0 spiro atoms. The molecule has 0 bridgehead atoms. The molecule has 0 aliphatic heterocycles. The fourth-order valence-electron chi connectivity index (χ4n) is 1.70. The van der Waals surface area contributed by atoms with Crippen LogP contribution in [0.1, 0.15) is 25.8 Å². The third-order valence-electron chi connectivity index (χ3n) is 2.65. The third-order valence-corrected chi connectivity index (χ3v) is 2.87. The van der Waals surface area contributed by atoms with Crippen molar-refractivity contribution < 1.29 is 14.3 Å². The number of nitrogens with zero attached hydrogens (tertiary/aromatic N) is 1. The van der Waals surface area contributed by atoms with Gasteiger partial charge in [-0.1, -0.05) is 11.6 Å². The predicted octanol–water partition coefficient (Wildman–Crippen LogP) is 3.16. The first-order valence-corrected chi connectivity index (χ1v) is 6.17. The summed E-state index contributed by atoms with van der Waals surface area (Å²) < 4.78 is 13.2. The van der Waals surface area contributed by atoms with Crippen molar-refractivity contribution in [1.29, 1.82) is 0 Å². The fourth-order valence-corrected chi connectivity index (χ4v) is 1.94. The zero-order chi connectivity index (χ0) is 13.7. The van der Waals surface area contributed by atoms with Crippen LogP contribution in [-0.2, 0) is 11.3 Å². The van der Waals surface area contributed by atoms with E-state index in [0.29, 0.717) is 18.1 Å². The Balaban J connectivity index is 2.73. The average Bonchev–Trinajstić information content (AvgIpc) is 2.22. The highest BCUT2D eigenvalue weighted by Gasteiger charge is 2.12. The lowest BCUT2D eigenvalue weighted by molar-refractivity contribution is -0.137. The average molecular weight is 274 g/mol. The Morgan fingerprint density at radius 3 is 2.61 bits per heavy atom. The molecular formula is C13H17ClFNO2. The SMILES string of the molecule is CC(C)N(CCC(=O)O)Cc1cc(F)cc(Cl)c1. The third kappa shape index (κ3) is 5.02. The van der Waals surface area contributed by atoms with Gasteiger partial charge in [-0.15, -0.1) is 0 Å². The summed E-state index contributed by atoms with van der Waals surface area (Å²) in [7, 11) is 0. The summed E-state index contributed by atoms with van der Waals surface area (Å²) in [4.78, 5) is 12.6. The summed E-state index contributed by atoms with van der Waals surface area (Å²) in [6, 6.07) is 4.55. The van der Waals surface area contributed by atoms with Crippen LogP contribution in [0.5, 0.6) is 0 Å². The Bertz CT molecular complexity index is 403. The van der Waals surface area contributed by atoms with Crippen LogP contribution in [0.3, 0.4) is 0 Å². The maximum Gasteiger partial charge on any atom is 0.304 e. The van der Waals surface area contributed by atoms with Crippen LogP contribution in [0.2, 0.25) is 5.02 Å². The normalized spacial score (nSPS) is 11.2. The molecule has 100 valence electrons. The topological polar surface area (TPSA) is 40.5 Å². The summed E-state index contributed by atoms with van der Waals surface area (Å²) >= 11 is 5.79. The molecule has 0 amide bonds. The lowest BCUT2D eigenvalue weighted by Crippen LogP contribution is -2.32. The Hall–Kier alpha value is -1.13. The van der Waals surface area contributed by atoms with Gasteiger partial charge in [0.1, 0.15) is 5.82 Å². The van der Waals surface area contributed by atoms with Gasteiger partial charge >= 0.3 is 5.97 Å². The quantitative estimate of drug-likeness (QED) is 0.865. The van der Waals surface area contributed by atoms with E-state index in [4.69, 9.17) is 16.7 Å². The molecule has 1 aromatic rings. The van der Waals surface area contributed by atoms with Crippen LogP contribution in [0.25, 0.3) is 0 Å². The molecule has 0 aliphatic rings. The number of halogens is 2. The van der Waals surface area contributed by atoms with E-state index in [2.05, 4.69) is 0 Å². The second-order valence-electron chi connectivity index (χ2n) is 4.49. The zero-order valence-corrected chi connectivity index (χ0v) is 11.2. The number of rotatable bonds is 6. The van der Waals surface area contributed by atoms with E-state index >= 15 is 0 Å². The molecule has 0 radical (unpaired) electrons. The second kappa shape index (κ2) is 6.71. The minimum Gasteiger partial charge on any atom is -0.481 e. The number of hydrogen-bond donors (Lipinski definition) is 1. The predicted molar refractivity (Wildman–Crippen MR) is 69.2 cm³/mol. The Morgan fingerprint density at radius 2 is 2.11 bits per heavy atom. The van der Waals surface area contributed by atoms with Gasteiger partial charge in [0.2, 0.25) is 0 Å². The first kappa shape index (κ1) is 14.9. The van der Waals surface area contributed by atoms with Crippen LogP contribution in [-0.4, -0.2) is 28.6 Å². The van der Waals surface area contributed by atoms with Gasteiger partial charge in [0, 0.05) is 24.2 Å². The van der Waals surface area contributed by atoms with Gasteiger partial charge in [0.25, 0.3) is 0 Å². The van der Waals surface area contributed by atoms with Crippen molar-refractivity contribution in [2.24, 2.45) is 0 Å². The van der Waals surface area contributed by atoms with E-state index in [9.17, 15) is 9.18 Å². The number of benzene rings is 1. The monoisotopic (exact) mass is 273 g/mol.